The number of rotatable bonds is 4. The van der Waals surface area contributed by atoms with Gasteiger partial charge in [-0.05, 0) is 30.7 Å². The molecule has 0 unspecified atom stereocenters. The molecule has 23 heavy (non-hydrogen) atoms. The summed E-state index contributed by atoms with van der Waals surface area (Å²) in [5, 5.41) is 3.71. The third-order valence-electron chi connectivity index (χ3n) is 3.95. The van der Waals surface area contributed by atoms with Crippen LogP contribution in [0, 0.1) is 0 Å². The number of H-pyrrole nitrogens is 1. The minimum atomic E-state index is -0.121. The molecule has 1 aliphatic rings. The summed E-state index contributed by atoms with van der Waals surface area (Å²) in [6.07, 6.45) is 0.893. The minimum absolute atomic E-state index is 0.00776. The number of morpholine rings is 1. The Bertz CT molecular complexity index is 717. The molecule has 0 atom stereocenters. The number of nitrogens with zero attached hydrogens (tertiary/aromatic N) is 1. The Kier molecular flexibility index (Phi) is 4.62. The summed E-state index contributed by atoms with van der Waals surface area (Å²) in [7, 11) is 0. The number of carbonyl (C=O) groups is 2. The fraction of sp³-hybridized carbons (Fsp3) is 0.412. The molecule has 1 saturated heterocycles. The Balaban J connectivity index is 1.81. The topological polar surface area (TPSA) is 74.4 Å². The van der Waals surface area contributed by atoms with Gasteiger partial charge in [-0.1, -0.05) is 6.92 Å². The van der Waals surface area contributed by atoms with Crippen LogP contribution in [0.2, 0.25) is 0 Å². The summed E-state index contributed by atoms with van der Waals surface area (Å²) in [5.74, 6) is -0.113. The zero-order valence-electron chi connectivity index (χ0n) is 13.2. The molecular weight excluding hydrogens is 294 g/mol. The average Bonchev–Trinajstić information content (AvgIpc) is 3.03. The molecule has 6 heteroatoms. The number of nitrogens with one attached hydrogen (secondary N) is 2. The van der Waals surface area contributed by atoms with E-state index >= 15 is 0 Å². The molecule has 2 N–H and O–H groups in total. The Morgan fingerprint density at radius 2 is 2.04 bits per heavy atom. The quantitative estimate of drug-likeness (QED) is 0.903. The number of aromatic nitrogens is 1. The molecule has 1 fully saturated rings. The Hall–Kier alpha value is -2.34. The Morgan fingerprint density at radius 1 is 1.26 bits per heavy atom. The summed E-state index contributed by atoms with van der Waals surface area (Å²) in [6, 6.07) is 7.26. The van der Waals surface area contributed by atoms with Crippen molar-refractivity contribution in [3.05, 3.63) is 35.5 Å². The standard InChI is InChI=1S/C17H21N3O3/c1-2-5-18-16(21)15-11-13-10-12(3-4-14(13)19-15)17(22)20-6-8-23-9-7-20/h3-4,10-11,19H,2,5-9H2,1H3,(H,18,21). The van der Waals surface area contributed by atoms with Gasteiger partial charge in [-0.3, -0.25) is 9.59 Å². The van der Waals surface area contributed by atoms with Crippen molar-refractivity contribution >= 4 is 22.7 Å². The van der Waals surface area contributed by atoms with E-state index in [2.05, 4.69) is 10.3 Å². The van der Waals surface area contributed by atoms with Crippen molar-refractivity contribution in [1.29, 1.82) is 0 Å². The number of amides is 2. The van der Waals surface area contributed by atoms with Crippen LogP contribution in [0.1, 0.15) is 34.2 Å². The van der Waals surface area contributed by atoms with Crippen LogP contribution >= 0.6 is 0 Å². The van der Waals surface area contributed by atoms with Gasteiger partial charge >= 0.3 is 0 Å². The van der Waals surface area contributed by atoms with Crippen molar-refractivity contribution in [2.75, 3.05) is 32.8 Å². The number of ether oxygens (including phenoxy) is 1. The smallest absolute Gasteiger partial charge is 0.267 e. The van der Waals surface area contributed by atoms with E-state index in [0.717, 1.165) is 17.3 Å². The molecule has 2 amide bonds. The number of fused-ring (bicyclic) bond motifs is 1. The lowest BCUT2D eigenvalue weighted by atomic mass is 10.1. The van der Waals surface area contributed by atoms with Crippen LogP contribution in [0.5, 0.6) is 0 Å². The van der Waals surface area contributed by atoms with Gasteiger partial charge in [0.25, 0.3) is 11.8 Å². The van der Waals surface area contributed by atoms with E-state index in [1.807, 2.05) is 19.1 Å². The Labute approximate surface area is 134 Å². The minimum Gasteiger partial charge on any atom is -0.378 e. The molecule has 0 bridgehead atoms. The van der Waals surface area contributed by atoms with E-state index in [4.69, 9.17) is 4.74 Å². The molecule has 0 radical (unpaired) electrons. The van der Waals surface area contributed by atoms with E-state index in [-0.39, 0.29) is 11.8 Å². The normalized spacial score (nSPS) is 14.9. The van der Waals surface area contributed by atoms with Crippen molar-refractivity contribution in [3.63, 3.8) is 0 Å². The van der Waals surface area contributed by atoms with Gasteiger partial charge in [0.05, 0.1) is 13.2 Å². The van der Waals surface area contributed by atoms with Gasteiger partial charge in [0.15, 0.2) is 0 Å². The summed E-state index contributed by atoms with van der Waals surface area (Å²) in [4.78, 5) is 29.4. The lowest BCUT2D eigenvalue weighted by Gasteiger charge is -2.26. The number of benzene rings is 1. The predicted octanol–water partition coefficient (Wildman–Crippen LogP) is 1.78. The van der Waals surface area contributed by atoms with E-state index in [0.29, 0.717) is 44.1 Å². The van der Waals surface area contributed by atoms with Crippen LogP contribution in [0.15, 0.2) is 24.3 Å². The lowest BCUT2D eigenvalue weighted by molar-refractivity contribution is 0.0303. The number of hydrogen-bond donors (Lipinski definition) is 2. The molecule has 6 nitrogen and oxygen atoms in total. The highest BCUT2D eigenvalue weighted by Gasteiger charge is 2.19. The number of aromatic amines is 1. The first-order valence-electron chi connectivity index (χ1n) is 7.97. The third-order valence-corrected chi connectivity index (χ3v) is 3.95. The monoisotopic (exact) mass is 315 g/mol. The van der Waals surface area contributed by atoms with Crippen LogP contribution in [0.3, 0.4) is 0 Å². The maximum atomic E-state index is 12.5. The van der Waals surface area contributed by atoms with E-state index < -0.39 is 0 Å². The van der Waals surface area contributed by atoms with Crippen molar-refractivity contribution in [3.8, 4) is 0 Å². The summed E-state index contributed by atoms with van der Waals surface area (Å²) < 4.78 is 5.27. The maximum Gasteiger partial charge on any atom is 0.267 e. The van der Waals surface area contributed by atoms with Gasteiger partial charge in [-0.25, -0.2) is 0 Å². The van der Waals surface area contributed by atoms with Gasteiger partial charge in [0.2, 0.25) is 0 Å². The van der Waals surface area contributed by atoms with Crippen molar-refractivity contribution in [2.45, 2.75) is 13.3 Å². The van der Waals surface area contributed by atoms with Gasteiger partial charge < -0.3 is 19.9 Å². The zero-order valence-corrected chi connectivity index (χ0v) is 13.2. The van der Waals surface area contributed by atoms with Gasteiger partial charge in [0.1, 0.15) is 5.69 Å². The largest absolute Gasteiger partial charge is 0.378 e. The molecule has 0 saturated carbocycles. The SMILES string of the molecule is CCCNC(=O)c1cc2cc(C(=O)N3CCOCC3)ccc2[nH]1. The lowest BCUT2D eigenvalue weighted by Crippen LogP contribution is -2.40. The van der Waals surface area contributed by atoms with Crippen LogP contribution in [-0.4, -0.2) is 54.5 Å². The van der Waals surface area contributed by atoms with Crippen LogP contribution < -0.4 is 5.32 Å². The number of hydrogen-bond acceptors (Lipinski definition) is 3. The van der Waals surface area contributed by atoms with Crippen molar-refractivity contribution in [2.24, 2.45) is 0 Å². The first kappa shape index (κ1) is 15.6. The van der Waals surface area contributed by atoms with Gasteiger partial charge in [-0.15, -0.1) is 0 Å². The second-order valence-electron chi connectivity index (χ2n) is 5.65. The molecule has 2 heterocycles. The fourth-order valence-electron chi connectivity index (χ4n) is 2.67. The molecule has 1 aromatic carbocycles. The highest BCUT2D eigenvalue weighted by Crippen LogP contribution is 2.19. The molecule has 122 valence electrons. The van der Waals surface area contributed by atoms with E-state index in [9.17, 15) is 9.59 Å². The predicted molar refractivity (Wildman–Crippen MR) is 87.6 cm³/mol. The Morgan fingerprint density at radius 3 is 2.78 bits per heavy atom. The maximum absolute atomic E-state index is 12.5. The summed E-state index contributed by atoms with van der Waals surface area (Å²) in [5.41, 5.74) is 2.01. The molecule has 0 aliphatic carbocycles. The first-order chi connectivity index (χ1) is 11.2. The molecule has 1 aromatic heterocycles. The third kappa shape index (κ3) is 3.37. The van der Waals surface area contributed by atoms with Gasteiger partial charge in [0, 0.05) is 36.1 Å². The summed E-state index contributed by atoms with van der Waals surface area (Å²) >= 11 is 0. The van der Waals surface area contributed by atoms with Crippen LogP contribution in [-0.2, 0) is 4.74 Å². The second-order valence-corrected chi connectivity index (χ2v) is 5.65. The summed E-state index contributed by atoms with van der Waals surface area (Å²) in [6.45, 7) is 5.06. The van der Waals surface area contributed by atoms with Crippen molar-refractivity contribution in [1.82, 2.24) is 15.2 Å². The number of carbonyl (C=O) groups excluding carboxylic acids is 2. The first-order valence-corrected chi connectivity index (χ1v) is 7.97. The molecular formula is C17H21N3O3. The van der Waals surface area contributed by atoms with E-state index in [1.165, 1.54) is 0 Å². The zero-order chi connectivity index (χ0) is 16.2. The highest BCUT2D eigenvalue weighted by molar-refractivity contribution is 6.01. The van der Waals surface area contributed by atoms with Gasteiger partial charge in [-0.2, -0.15) is 0 Å². The highest BCUT2D eigenvalue weighted by atomic mass is 16.5. The second kappa shape index (κ2) is 6.83. The molecule has 3 rings (SSSR count). The van der Waals surface area contributed by atoms with E-state index in [1.54, 1.807) is 17.0 Å². The fourth-order valence-corrected chi connectivity index (χ4v) is 2.67. The average molecular weight is 315 g/mol. The van der Waals surface area contributed by atoms with Crippen molar-refractivity contribution < 1.29 is 14.3 Å². The van der Waals surface area contributed by atoms with Crippen LogP contribution in [0.4, 0.5) is 0 Å². The van der Waals surface area contributed by atoms with Crippen LogP contribution in [0.25, 0.3) is 10.9 Å². The molecule has 0 spiro atoms. The molecule has 1 aliphatic heterocycles. The molecule has 2 aromatic rings.